The van der Waals surface area contributed by atoms with Crippen molar-refractivity contribution in [3.63, 3.8) is 0 Å². The molecule has 1 fully saturated rings. The molecule has 0 aromatic carbocycles. The summed E-state index contributed by atoms with van der Waals surface area (Å²) in [7, 11) is 1.64. The highest BCUT2D eigenvalue weighted by atomic mass is 16.5. The van der Waals surface area contributed by atoms with Gasteiger partial charge in [-0.15, -0.1) is 0 Å². The lowest BCUT2D eigenvalue weighted by atomic mass is 10.0. The third-order valence-electron chi connectivity index (χ3n) is 2.82. The summed E-state index contributed by atoms with van der Waals surface area (Å²) in [4.78, 5) is 8.80. The molecular weight excluding hydrogens is 190 g/mol. The molecule has 82 valence electrons. The first-order chi connectivity index (χ1) is 7.26. The van der Waals surface area contributed by atoms with E-state index in [1.807, 2.05) is 6.20 Å². The predicted molar refractivity (Wildman–Crippen MR) is 58.0 cm³/mol. The second-order valence-corrected chi connectivity index (χ2v) is 4.10. The van der Waals surface area contributed by atoms with Gasteiger partial charge >= 0.3 is 0 Å². The van der Waals surface area contributed by atoms with Gasteiger partial charge < -0.3 is 10.5 Å². The number of nitrogens with zero attached hydrogens (tertiary/aromatic N) is 2. The summed E-state index contributed by atoms with van der Waals surface area (Å²) < 4.78 is 5.28. The number of hydrogen-bond acceptors (Lipinski definition) is 4. The Balaban J connectivity index is 2.30. The van der Waals surface area contributed by atoms with Crippen LogP contribution in [0, 0.1) is 0 Å². The van der Waals surface area contributed by atoms with Crippen LogP contribution in [0.25, 0.3) is 0 Å². The predicted octanol–water partition coefficient (Wildman–Crippen LogP) is 1.42. The molecule has 0 amide bonds. The Morgan fingerprint density at radius 3 is 2.87 bits per heavy atom. The second-order valence-electron chi connectivity index (χ2n) is 4.10. The van der Waals surface area contributed by atoms with E-state index in [-0.39, 0.29) is 5.92 Å². The molecule has 1 aromatic rings. The summed E-state index contributed by atoms with van der Waals surface area (Å²) >= 11 is 0. The molecule has 1 saturated carbocycles. The number of rotatable bonds is 4. The third kappa shape index (κ3) is 2.09. The van der Waals surface area contributed by atoms with E-state index in [9.17, 15) is 0 Å². The molecule has 1 heterocycles. The van der Waals surface area contributed by atoms with Crippen molar-refractivity contribution in [3.8, 4) is 5.88 Å². The van der Waals surface area contributed by atoms with Crippen LogP contribution >= 0.6 is 0 Å². The lowest BCUT2D eigenvalue weighted by molar-refractivity contribution is 0.386. The van der Waals surface area contributed by atoms with Crippen LogP contribution in [0.15, 0.2) is 6.20 Å². The average molecular weight is 207 g/mol. The van der Waals surface area contributed by atoms with Crippen LogP contribution in [0.1, 0.15) is 43.0 Å². The number of hydrogen-bond donors (Lipinski definition) is 1. The lowest BCUT2D eigenvalue weighted by Gasteiger charge is -2.12. The zero-order chi connectivity index (χ0) is 10.8. The third-order valence-corrected chi connectivity index (χ3v) is 2.82. The zero-order valence-corrected chi connectivity index (χ0v) is 9.23. The molecule has 1 aromatic heterocycles. The maximum absolute atomic E-state index is 5.63. The van der Waals surface area contributed by atoms with Crippen molar-refractivity contribution in [1.29, 1.82) is 0 Å². The first-order valence-corrected chi connectivity index (χ1v) is 5.37. The molecular formula is C11H17N3O. The van der Waals surface area contributed by atoms with Gasteiger partial charge in [0.2, 0.25) is 5.88 Å². The minimum Gasteiger partial charge on any atom is -0.481 e. The van der Waals surface area contributed by atoms with E-state index >= 15 is 0 Å². The Bertz CT molecular complexity index is 350. The molecule has 1 unspecified atom stereocenters. The standard InChI is InChI=1S/C11H17N3O/c1-7(5-12)9-6-13-10(8-3-4-8)14-11(9)15-2/h6-8H,3-5,12H2,1-2H3. The highest BCUT2D eigenvalue weighted by Gasteiger charge is 2.27. The van der Waals surface area contributed by atoms with Gasteiger partial charge in [0.05, 0.1) is 7.11 Å². The Morgan fingerprint density at radius 1 is 1.60 bits per heavy atom. The van der Waals surface area contributed by atoms with E-state index in [1.54, 1.807) is 7.11 Å². The number of aromatic nitrogens is 2. The van der Waals surface area contributed by atoms with Crippen molar-refractivity contribution in [1.82, 2.24) is 9.97 Å². The second kappa shape index (κ2) is 4.14. The molecule has 1 aliphatic rings. The Labute approximate surface area is 89.9 Å². The molecule has 15 heavy (non-hydrogen) atoms. The molecule has 4 nitrogen and oxygen atoms in total. The highest BCUT2D eigenvalue weighted by molar-refractivity contribution is 5.28. The lowest BCUT2D eigenvalue weighted by Crippen LogP contribution is -2.12. The molecule has 1 atom stereocenters. The van der Waals surface area contributed by atoms with Crippen molar-refractivity contribution < 1.29 is 4.74 Å². The van der Waals surface area contributed by atoms with Gasteiger partial charge in [-0.2, -0.15) is 4.98 Å². The van der Waals surface area contributed by atoms with Gasteiger partial charge in [0.15, 0.2) is 0 Å². The van der Waals surface area contributed by atoms with Crippen molar-refractivity contribution in [2.75, 3.05) is 13.7 Å². The van der Waals surface area contributed by atoms with Gasteiger partial charge in [-0.25, -0.2) is 4.98 Å². The van der Waals surface area contributed by atoms with Gasteiger partial charge in [-0.1, -0.05) is 6.92 Å². The molecule has 0 spiro atoms. The number of methoxy groups -OCH3 is 1. The fraction of sp³-hybridized carbons (Fsp3) is 0.636. The molecule has 0 bridgehead atoms. The largest absolute Gasteiger partial charge is 0.481 e. The Kier molecular flexibility index (Phi) is 2.86. The van der Waals surface area contributed by atoms with Crippen LogP contribution in [0.5, 0.6) is 5.88 Å². The summed E-state index contributed by atoms with van der Waals surface area (Å²) in [5.74, 6) is 2.40. The van der Waals surface area contributed by atoms with Gasteiger partial charge in [0.1, 0.15) is 5.82 Å². The monoisotopic (exact) mass is 207 g/mol. The van der Waals surface area contributed by atoms with Crippen LogP contribution in [0.4, 0.5) is 0 Å². The van der Waals surface area contributed by atoms with Gasteiger partial charge in [0.25, 0.3) is 0 Å². The van der Waals surface area contributed by atoms with Crippen molar-refractivity contribution >= 4 is 0 Å². The minimum atomic E-state index is 0.244. The maximum Gasteiger partial charge on any atom is 0.219 e. The number of ether oxygens (including phenoxy) is 1. The normalized spacial score (nSPS) is 17.5. The topological polar surface area (TPSA) is 61.0 Å². The van der Waals surface area contributed by atoms with Crippen LogP contribution in [0.2, 0.25) is 0 Å². The van der Waals surface area contributed by atoms with Gasteiger partial charge in [-0.05, 0) is 19.4 Å². The van der Waals surface area contributed by atoms with E-state index < -0.39 is 0 Å². The summed E-state index contributed by atoms with van der Waals surface area (Å²) in [6.45, 7) is 2.64. The summed E-state index contributed by atoms with van der Waals surface area (Å²) in [5, 5.41) is 0. The SMILES string of the molecule is COc1nc(C2CC2)ncc1C(C)CN. The van der Waals surface area contributed by atoms with E-state index in [4.69, 9.17) is 10.5 Å². The minimum absolute atomic E-state index is 0.244. The average Bonchev–Trinajstić information content (AvgIpc) is 3.11. The molecule has 1 aliphatic carbocycles. The summed E-state index contributed by atoms with van der Waals surface area (Å²) in [5.41, 5.74) is 6.63. The molecule has 0 saturated heterocycles. The quantitative estimate of drug-likeness (QED) is 0.811. The van der Waals surface area contributed by atoms with E-state index in [0.29, 0.717) is 18.3 Å². The van der Waals surface area contributed by atoms with Crippen LogP contribution in [-0.2, 0) is 0 Å². The summed E-state index contributed by atoms with van der Waals surface area (Å²) in [6.07, 6.45) is 4.26. The van der Waals surface area contributed by atoms with E-state index in [1.165, 1.54) is 12.8 Å². The first-order valence-electron chi connectivity index (χ1n) is 5.37. The van der Waals surface area contributed by atoms with Crippen molar-refractivity contribution in [2.24, 2.45) is 5.73 Å². The molecule has 0 aliphatic heterocycles. The smallest absolute Gasteiger partial charge is 0.219 e. The van der Waals surface area contributed by atoms with E-state index in [2.05, 4.69) is 16.9 Å². The van der Waals surface area contributed by atoms with Crippen LogP contribution in [-0.4, -0.2) is 23.6 Å². The number of nitrogens with two attached hydrogens (primary N) is 1. The van der Waals surface area contributed by atoms with Crippen molar-refractivity contribution in [3.05, 3.63) is 17.6 Å². The van der Waals surface area contributed by atoms with E-state index in [0.717, 1.165) is 11.4 Å². The molecule has 2 rings (SSSR count). The molecule has 0 radical (unpaired) electrons. The van der Waals surface area contributed by atoms with Gasteiger partial charge in [0, 0.05) is 23.6 Å². The molecule has 4 heteroatoms. The Hall–Kier alpha value is -1.16. The van der Waals surface area contributed by atoms with Crippen LogP contribution in [0.3, 0.4) is 0 Å². The zero-order valence-electron chi connectivity index (χ0n) is 9.23. The fourth-order valence-corrected chi connectivity index (χ4v) is 1.56. The highest BCUT2D eigenvalue weighted by Crippen LogP contribution is 2.39. The first kappa shape index (κ1) is 10.4. The Morgan fingerprint density at radius 2 is 2.33 bits per heavy atom. The van der Waals surface area contributed by atoms with Crippen molar-refractivity contribution in [2.45, 2.75) is 31.6 Å². The summed E-state index contributed by atoms with van der Waals surface area (Å²) in [6, 6.07) is 0. The molecule has 2 N–H and O–H groups in total. The van der Waals surface area contributed by atoms with Crippen LogP contribution < -0.4 is 10.5 Å². The fourth-order valence-electron chi connectivity index (χ4n) is 1.56. The van der Waals surface area contributed by atoms with Gasteiger partial charge in [-0.3, -0.25) is 0 Å². The maximum atomic E-state index is 5.63.